The van der Waals surface area contributed by atoms with Crippen LogP contribution in [0.4, 0.5) is 11.5 Å². The Morgan fingerprint density at radius 3 is 2.68 bits per heavy atom. The molecule has 0 atom stereocenters. The van der Waals surface area contributed by atoms with Crippen molar-refractivity contribution in [1.82, 2.24) is 9.97 Å². The predicted molar refractivity (Wildman–Crippen MR) is 75.4 cm³/mol. The van der Waals surface area contributed by atoms with Crippen LogP contribution in [0.5, 0.6) is 0 Å². The Morgan fingerprint density at radius 2 is 2.00 bits per heavy atom. The van der Waals surface area contributed by atoms with Crippen LogP contribution < -0.4 is 10.2 Å². The second-order valence-corrected chi connectivity index (χ2v) is 4.01. The number of carbonyl (C=O) groups excluding carboxylic acids is 1. The molecule has 98 valence electrons. The average molecular weight is 256 g/mol. The van der Waals surface area contributed by atoms with Crippen LogP contribution >= 0.6 is 0 Å². The van der Waals surface area contributed by atoms with Crippen molar-refractivity contribution in [2.75, 3.05) is 23.8 Å². The number of hydrogen-bond donors (Lipinski definition) is 1. The number of nitrogens with zero attached hydrogens (tertiary/aromatic N) is 3. The maximum atomic E-state index is 12.3. The van der Waals surface area contributed by atoms with E-state index in [9.17, 15) is 4.79 Å². The third-order valence-corrected chi connectivity index (χ3v) is 2.68. The van der Waals surface area contributed by atoms with E-state index in [-0.39, 0.29) is 5.91 Å². The first-order chi connectivity index (χ1) is 9.22. The minimum Gasteiger partial charge on any atom is -0.370 e. The second-order valence-electron chi connectivity index (χ2n) is 4.01. The van der Waals surface area contributed by atoms with Gasteiger partial charge in [0.15, 0.2) is 0 Å². The summed E-state index contributed by atoms with van der Waals surface area (Å²) in [5.41, 5.74) is 1.20. The number of amides is 1. The van der Waals surface area contributed by atoms with Crippen LogP contribution in [-0.2, 0) is 0 Å². The van der Waals surface area contributed by atoms with Gasteiger partial charge in [-0.1, -0.05) is 6.07 Å². The lowest BCUT2D eigenvalue weighted by Gasteiger charge is -2.16. The van der Waals surface area contributed by atoms with Gasteiger partial charge in [0.1, 0.15) is 11.5 Å². The smallest absolute Gasteiger partial charge is 0.276 e. The highest BCUT2D eigenvalue weighted by Gasteiger charge is 2.14. The molecule has 1 N–H and O–H groups in total. The van der Waals surface area contributed by atoms with Gasteiger partial charge in [0.25, 0.3) is 5.91 Å². The summed E-state index contributed by atoms with van der Waals surface area (Å²) in [6.07, 6.45) is 3.31. The van der Waals surface area contributed by atoms with Gasteiger partial charge in [-0.2, -0.15) is 0 Å². The number of carbonyl (C=O) groups is 1. The zero-order valence-electron chi connectivity index (χ0n) is 11.0. The third kappa shape index (κ3) is 3.07. The first-order valence-electron chi connectivity index (χ1n) is 6.11. The predicted octanol–water partition coefficient (Wildman–Crippen LogP) is 2.18. The van der Waals surface area contributed by atoms with Gasteiger partial charge in [-0.05, 0) is 31.2 Å². The van der Waals surface area contributed by atoms with Gasteiger partial charge in [-0.15, -0.1) is 0 Å². The highest BCUT2D eigenvalue weighted by atomic mass is 16.2. The second kappa shape index (κ2) is 5.95. The van der Waals surface area contributed by atoms with E-state index in [1.807, 2.05) is 19.1 Å². The van der Waals surface area contributed by atoms with E-state index in [2.05, 4.69) is 15.3 Å². The monoisotopic (exact) mass is 256 g/mol. The molecule has 0 aliphatic carbocycles. The number of pyridine rings is 2. The maximum Gasteiger partial charge on any atom is 0.276 e. The van der Waals surface area contributed by atoms with Gasteiger partial charge >= 0.3 is 0 Å². The molecule has 0 aromatic carbocycles. The lowest BCUT2D eigenvalue weighted by atomic mass is 10.3. The lowest BCUT2D eigenvalue weighted by Crippen LogP contribution is -2.27. The molecule has 5 nitrogen and oxygen atoms in total. The highest BCUT2D eigenvalue weighted by Crippen LogP contribution is 2.14. The van der Waals surface area contributed by atoms with Crippen LogP contribution in [-0.4, -0.2) is 29.5 Å². The van der Waals surface area contributed by atoms with E-state index >= 15 is 0 Å². The van der Waals surface area contributed by atoms with E-state index in [1.54, 1.807) is 42.5 Å². The van der Waals surface area contributed by atoms with E-state index in [0.717, 1.165) is 12.2 Å². The SMILES string of the molecule is CCNc1cccc(C(=O)N(C)c2ccncc2)n1. The van der Waals surface area contributed by atoms with Crippen molar-refractivity contribution in [2.24, 2.45) is 0 Å². The minimum atomic E-state index is -0.147. The molecule has 0 bridgehead atoms. The Hall–Kier alpha value is -2.43. The summed E-state index contributed by atoms with van der Waals surface area (Å²) in [7, 11) is 1.72. The number of anilines is 2. The number of nitrogens with one attached hydrogen (secondary N) is 1. The van der Waals surface area contributed by atoms with Gasteiger partial charge in [0.05, 0.1) is 0 Å². The van der Waals surface area contributed by atoms with Gasteiger partial charge < -0.3 is 10.2 Å². The Labute approximate surface area is 112 Å². The van der Waals surface area contributed by atoms with Gasteiger partial charge in [-0.25, -0.2) is 4.98 Å². The highest BCUT2D eigenvalue weighted by molar-refractivity contribution is 6.04. The summed E-state index contributed by atoms with van der Waals surface area (Å²) in [6, 6.07) is 8.93. The molecule has 2 heterocycles. The van der Waals surface area contributed by atoms with Crippen molar-refractivity contribution >= 4 is 17.4 Å². The maximum absolute atomic E-state index is 12.3. The molecule has 1 amide bonds. The standard InChI is InChI=1S/C14H16N4O/c1-3-16-13-6-4-5-12(17-13)14(19)18(2)11-7-9-15-10-8-11/h4-10H,3H2,1-2H3,(H,16,17). The van der Waals surface area contributed by atoms with Crippen molar-refractivity contribution in [1.29, 1.82) is 0 Å². The Morgan fingerprint density at radius 1 is 1.26 bits per heavy atom. The van der Waals surface area contributed by atoms with E-state index < -0.39 is 0 Å². The molecule has 2 rings (SSSR count). The fourth-order valence-electron chi connectivity index (χ4n) is 1.69. The van der Waals surface area contributed by atoms with Crippen molar-refractivity contribution in [2.45, 2.75) is 6.92 Å². The normalized spacial score (nSPS) is 10.0. The topological polar surface area (TPSA) is 58.1 Å². The quantitative estimate of drug-likeness (QED) is 0.911. The molecule has 0 aliphatic rings. The molecule has 0 fully saturated rings. The molecular formula is C14H16N4O. The van der Waals surface area contributed by atoms with Crippen molar-refractivity contribution < 1.29 is 4.79 Å². The van der Waals surface area contributed by atoms with Crippen molar-refractivity contribution in [3.63, 3.8) is 0 Å². The van der Waals surface area contributed by atoms with Crippen LogP contribution in [0.3, 0.4) is 0 Å². The van der Waals surface area contributed by atoms with Crippen LogP contribution in [0, 0.1) is 0 Å². The first kappa shape index (κ1) is 13.0. The molecular weight excluding hydrogens is 240 g/mol. The molecule has 2 aromatic rings. The number of rotatable bonds is 4. The minimum absolute atomic E-state index is 0.147. The summed E-state index contributed by atoms with van der Waals surface area (Å²) in [6.45, 7) is 2.75. The molecule has 0 unspecified atom stereocenters. The van der Waals surface area contributed by atoms with Crippen LogP contribution in [0.15, 0.2) is 42.7 Å². The number of hydrogen-bond acceptors (Lipinski definition) is 4. The summed E-state index contributed by atoms with van der Waals surface area (Å²) in [5, 5.41) is 3.09. The summed E-state index contributed by atoms with van der Waals surface area (Å²) in [4.78, 5) is 22.1. The number of aromatic nitrogens is 2. The van der Waals surface area contributed by atoms with Crippen LogP contribution in [0.1, 0.15) is 17.4 Å². The van der Waals surface area contributed by atoms with Crippen molar-refractivity contribution in [3.05, 3.63) is 48.4 Å². The van der Waals surface area contributed by atoms with E-state index in [0.29, 0.717) is 11.5 Å². The van der Waals surface area contributed by atoms with Gasteiger partial charge in [0.2, 0.25) is 0 Å². The fourth-order valence-corrected chi connectivity index (χ4v) is 1.69. The first-order valence-corrected chi connectivity index (χ1v) is 6.11. The average Bonchev–Trinajstić information content (AvgIpc) is 2.47. The molecule has 0 saturated heterocycles. The third-order valence-electron chi connectivity index (χ3n) is 2.68. The van der Waals surface area contributed by atoms with Crippen LogP contribution in [0.25, 0.3) is 0 Å². The summed E-state index contributed by atoms with van der Waals surface area (Å²) in [5.74, 6) is 0.558. The Bertz CT molecular complexity index is 556. The lowest BCUT2D eigenvalue weighted by molar-refractivity contribution is 0.0988. The van der Waals surface area contributed by atoms with E-state index in [4.69, 9.17) is 0 Å². The van der Waals surface area contributed by atoms with Crippen molar-refractivity contribution in [3.8, 4) is 0 Å². The Balaban J connectivity index is 2.22. The Kier molecular flexibility index (Phi) is 4.07. The van der Waals surface area contributed by atoms with E-state index in [1.165, 1.54) is 0 Å². The molecule has 19 heavy (non-hydrogen) atoms. The zero-order valence-corrected chi connectivity index (χ0v) is 11.0. The molecule has 2 aromatic heterocycles. The summed E-state index contributed by atoms with van der Waals surface area (Å²) >= 11 is 0. The molecule has 0 aliphatic heterocycles. The zero-order chi connectivity index (χ0) is 13.7. The van der Waals surface area contributed by atoms with Crippen LogP contribution in [0.2, 0.25) is 0 Å². The molecule has 0 saturated carbocycles. The van der Waals surface area contributed by atoms with Gasteiger partial charge in [0, 0.05) is 31.7 Å². The molecule has 0 radical (unpaired) electrons. The molecule has 0 spiro atoms. The fraction of sp³-hybridized carbons (Fsp3) is 0.214. The summed E-state index contributed by atoms with van der Waals surface area (Å²) < 4.78 is 0. The van der Waals surface area contributed by atoms with Gasteiger partial charge in [-0.3, -0.25) is 9.78 Å². The molecule has 5 heteroatoms. The largest absolute Gasteiger partial charge is 0.370 e.